The summed E-state index contributed by atoms with van der Waals surface area (Å²) in [5.41, 5.74) is 0.929. The highest BCUT2D eigenvalue weighted by Gasteiger charge is 2.34. The van der Waals surface area contributed by atoms with Gasteiger partial charge in [0.05, 0.1) is 16.0 Å². The van der Waals surface area contributed by atoms with Gasteiger partial charge in [0.1, 0.15) is 4.21 Å². The van der Waals surface area contributed by atoms with E-state index in [4.69, 9.17) is 16.3 Å². The molecule has 0 aliphatic carbocycles. The van der Waals surface area contributed by atoms with Gasteiger partial charge in [0.2, 0.25) is 0 Å². The predicted octanol–water partition coefficient (Wildman–Crippen LogP) is 2.84. The molecule has 0 amide bonds. The topological polar surface area (TPSA) is 46.6 Å². The van der Waals surface area contributed by atoms with Crippen molar-refractivity contribution in [2.45, 2.75) is 30.3 Å². The van der Waals surface area contributed by atoms with E-state index >= 15 is 0 Å². The molecule has 2 unspecified atom stereocenters. The first-order chi connectivity index (χ1) is 8.84. The Bertz CT molecular complexity index is 541. The SMILES string of the molecule is Cc1cc(S(=O)(=O)N2CC(C)OC(CCl)C2)sc1Br. The molecule has 2 heterocycles. The molecule has 0 aromatic carbocycles. The van der Waals surface area contributed by atoms with E-state index in [9.17, 15) is 8.42 Å². The summed E-state index contributed by atoms with van der Waals surface area (Å²) in [5, 5.41) is 0. The molecular formula is C11H15BrClNO3S2. The van der Waals surface area contributed by atoms with Crippen LogP contribution in [0.15, 0.2) is 14.1 Å². The van der Waals surface area contributed by atoms with Gasteiger partial charge in [0.15, 0.2) is 0 Å². The number of nitrogens with zero attached hydrogens (tertiary/aromatic N) is 1. The number of morpholine rings is 1. The lowest BCUT2D eigenvalue weighted by Gasteiger charge is -2.34. The summed E-state index contributed by atoms with van der Waals surface area (Å²) in [5.74, 6) is 0.295. The van der Waals surface area contributed by atoms with Crippen molar-refractivity contribution in [3.05, 3.63) is 15.4 Å². The van der Waals surface area contributed by atoms with Crippen LogP contribution in [0.3, 0.4) is 0 Å². The summed E-state index contributed by atoms with van der Waals surface area (Å²) < 4.78 is 33.4. The summed E-state index contributed by atoms with van der Waals surface area (Å²) in [6.07, 6.45) is -0.388. The van der Waals surface area contributed by atoms with Crippen molar-refractivity contribution >= 4 is 48.9 Å². The lowest BCUT2D eigenvalue weighted by atomic mass is 10.3. The largest absolute Gasteiger partial charge is 0.371 e. The molecule has 2 rings (SSSR count). The van der Waals surface area contributed by atoms with Crippen LogP contribution in [0.25, 0.3) is 0 Å². The van der Waals surface area contributed by atoms with Gasteiger partial charge in [-0.05, 0) is 41.4 Å². The van der Waals surface area contributed by atoms with Crippen LogP contribution >= 0.6 is 38.9 Å². The number of hydrogen-bond donors (Lipinski definition) is 0. The van der Waals surface area contributed by atoms with E-state index in [-0.39, 0.29) is 12.2 Å². The third-order valence-electron chi connectivity index (χ3n) is 2.89. The smallest absolute Gasteiger partial charge is 0.252 e. The van der Waals surface area contributed by atoms with E-state index in [0.29, 0.717) is 23.2 Å². The fraction of sp³-hybridized carbons (Fsp3) is 0.636. The predicted molar refractivity (Wildman–Crippen MR) is 80.6 cm³/mol. The Morgan fingerprint density at radius 3 is 2.79 bits per heavy atom. The maximum Gasteiger partial charge on any atom is 0.252 e. The number of sulfonamides is 1. The normalized spacial score (nSPS) is 25.7. The van der Waals surface area contributed by atoms with Crippen molar-refractivity contribution in [2.75, 3.05) is 19.0 Å². The van der Waals surface area contributed by atoms with Gasteiger partial charge in [-0.25, -0.2) is 8.42 Å². The molecule has 0 N–H and O–H groups in total. The Kier molecular flexibility index (Phi) is 4.96. The standard InChI is InChI=1S/C11H15BrClNO3S2/c1-7-3-10(18-11(7)12)19(15,16)14-5-8(2)17-9(4-13)6-14/h3,8-9H,4-6H2,1-2H3. The molecule has 0 saturated carbocycles. The molecule has 19 heavy (non-hydrogen) atoms. The van der Waals surface area contributed by atoms with Crippen molar-refractivity contribution < 1.29 is 13.2 Å². The summed E-state index contributed by atoms with van der Waals surface area (Å²) in [6, 6.07) is 1.69. The maximum absolute atomic E-state index is 12.6. The number of alkyl halides is 1. The van der Waals surface area contributed by atoms with Gasteiger partial charge >= 0.3 is 0 Å². The molecule has 1 aromatic heterocycles. The molecule has 0 spiro atoms. The molecule has 0 radical (unpaired) electrons. The average molecular weight is 389 g/mol. The van der Waals surface area contributed by atoms with E-state index in [1.54, 1.807) is 6.07 Å². The van der Waals surface area contributed by atoms with E-state index in [2.05, 4.69) is 15.9 Å². The first kappa shape index (κ1) is 15.7. The van der Waals surface area contributed by atoms with Crippen molar-refractivity contribution in [1.82, 2.24) is 4.31 Å². The number of halogens is 2. The number of ether oxygens (including phenoxy) is 1. The van der Waals surface area contributed by atoms with Crippen LogP contribution in [0.1, 0.15) is 12.5 Å². The highest BCUT2D eigenvalue weighted by Crippen LogP contribution is 2.33. The van der Waals surface area contributed by atoms with Crippen LogP contribution in [-0.4, -0.2) is 43.9 Å². The van der Waals surface area contributed by atoms with Gasteiger partial charge < -0.3 is 4.74 Å². The summed E-state index contributed by atoms with van der Waals surface area (Å²) in [6.45, 7) is 4.41. The van der Waals surface area contributed by atoms with Crippen LogP contribution in [-0.2, 0) is 14.8 Å². The Morgan fingerprint density at radius 2 is 2.26 bits per heavy atom. The Labute approximate surface area is 130 Å². The summed E-state index contributed by atoms with van der Waals surface area (Å²) in [7, 11) is -3.46. The second-order valence-electron chi connectivity index (χ2n) is 4.57. The fourth-order valence-electron chi connectivity index (χ4n) is 1.97. The van der Waals surface area contributed by atoms with Crippen molar-refractivity contribution in [1.29, 1.82) is 0 Å². The van der Waals surface area contributed by atoms with Crippen molar-refractivity contribution in [3.8, 4) is 0 Å². The van der Waals surface area contributed by atoms with Crippen LogP contribution in [0.5, 0.6) is 0 Å². The highest BCUT2D eigenvalue weighted by atomic mass is 79.9. The van der Waals surface area contributed by atoms with Crippen LogP contribution in [0.4, 0.5) is 0 Å². The molecule has 8 heteroatoms. The van der Waals surface area contributed by atoms with Crippen molar-refractivity contribution in [3.63, 3.8) is 0 Å². The molecule has 1 fully saturated rings. The second kappa shape index (κ2) is 5.99. The number of rotatable bonds is 3. The monoisotopic (exact) mass is 387 g/mol. The molecule has 1 saturated heterocycles. The van der Waals surface area contributed by atoms with E-state index in [1.165, 1.54) is 15.6 Å². The third-order valence-corrected chi connectivity index (χ3v) is 7.66. The van der Waals surface area contributed by atoms with Gasteiger partial charge in [-0.15, -0.1) is 22.9 Å². The van der Waals surface area contributed by atoms with E-state index in [0.717, 1.165) is 9.35 Å². The van der Waals surface area contributed by atoms with Gasteiger partial charge in [0.25, 0.3) is 10.0 Å². The van der Waals surface area contributed by atoms with Crippen LogP contribution in [0, 0.1) is 6.92 Å². The van der Waals surface area contributed by atoms with Gasteiger partial charge in [-0.3, -0.25) is 0 Å². The Balaban J connectivity index is 2.28. The van der Waals surface area contributed by atoms with E-state index < -0.39 is 10.0 Å². The molecule has 108 valence electrons. The molecule has 1 aliphatic rings. The minimum Gasteiger partial charge on any atom is -0.371 e. The zero-order valence-electron chi connectivity index (χ0n) is 10.6. The number of aryl methyl sites for hydroxylation is 1. The number of thiophene rings is 1. The maximum atomic E-state index is 12.6. The molecule has 0 bridgehead atoms. The zero-order valence-corrected chi connectivity index (χ0v) is 14.6. The fourth-order valence-corrected chi connectivity index (χ4v) is 6.07. The minimum absolute atomic E-state index is 0.142. The first-order valence-corrected chi connectivity index (χ1v) is 9.40. The number of hydrogen-bond acceptors (Lipinski definition) is 4. The molecule has 1 aliphatic heterocycles. The quantitative estimate of drug-likeness (QED) is 0.748. The second-order valence-corrected chi connectivity index (χ2v) is 9.41. The molecule has 1 aromatic rings. The average Bonchev–Trinajstić information content (AvgIpc) is 2.69. The molecule has 2 atom stereocenters. The third kappa shape index (κ3) is 3.33. The first-order valence-electron chi connectivity index (χ1n) is 5.82. The zero-order chi connectivity index (χ0) is 14.2. The van der Waals surface area contributed by atoms with Crippen molar-refractivity contribution in [2.24, 2.45) is 0 Å². The molecular weight excluding hydrogens is 374 g/mol. The molecule has 4 nitrogen and oxygen atoms in total. The highest BCUT2D eigenvalue weighted by molar-refractivity contribution is 9.11. The Hall–Kier alpha value is 0.340. The van der Waals surface area contributed by atoms with Crippen LogP contribution in [0.2, 0.25) is 0 Å². The lowest BCUT2D eigenvalue weighted by Crippen LogP contribution is -2.49. The van der Waals surface area contributed by atoms with Gasteiger partial charge in [-0.1, -0.05) is 0 Å². The minimum atomic E-state index is -3.46. The summed E-state index contributed by atoms with van der Waals surface area (Å²) in [4.78, 5) is 0. The van der Waals surface area contributed by atoms with E-state index in [1.807, 2.05) is 13.8 Å². The van der Waals surface area contributed by atoms with Gasteiger partial charge in [0, 0.05) is 19.0 Å². The lowest BCUT2D eigenvalue weighted by molar-refractivity contribution is -0.0422. The van der Waals surface area contributed by atoms with Gasteiger partial charge in [-0.2, -0.15) is 4.31 Å². The van der Waals surface area contributed by atoms with Crippen LogP contribution < -0.4 is 0 Å². The summed E-state index contributed by atoms with van der Waals surface area (Å²) >= 11 is 10.4. The Morgan fingerprint density at radius 1 is 1.58 bits per heavy atom.